The van der Waals surface area contributed by atoms with Crippen LogP contribution in [0, 0.1) is 6.92 Å². The second-order valence-corrected chi connectivity index (χ2v) is 8.56. The minimum atomic E-state index is -4.97. The normalized spacial score (nSPS) is 18.7. The molecule has 2 saturated heterocycles. The van der Waals surface area contributed by atoms with Gasteiger partial charge >= 0.3 is 18.4 Å². The molecule has 13 heteroatoms. The Labute approximate surface area is 191 Å². The third-order valence-corrected chi connectivity index (χ3v) is 6.23. The second kappa shape index (κ2) is 9.10. The standard InChI is InChI=1S/C21H24F6N6O/c1-13-18(29-12-28-13)11-31-2-4-32(5-3-31)17-9-33(10-17)19(34)30-16-7-14(20(22,23)24)6-15(8-16)21(25,26)27/h6-8,12,17H,2-5,9-11H2,1H3,(H,28,29)(H,30,34). The van der Waals surface area contributed by atoms with Crippen LogP contribution in [0.15, 0.2) is 24.5 Å². The summed E-state index contributed by atoms with van der Waals surface area (Å²) < 4.78 is 78.1. The maximum absolute atomic E-state index is 13.0. The van der Waals surface area contributed by atoms with Gasteiger partial charge < -0.3 is 15.2 Å². The van der Waals surface area contributed by atoms with Crippen molar-refractivity contribution >= 4 is 11.7 Å². The molecule has 186 valence electrons. The lowest BCUT2D eigenvalue weighted by Crippen LogP contribution is -2.64. The Bertz CT molecular complexity index is 989. The molecule has 3 heterocycles. The molecule has 1 aromatic heterocycles. The summed E-state index contributed by atoms with van der Waals surface area (Å²) in [7, 11) is 0. The number of likely N-dealkylation sites (tertiary alicyclic amines) is 1. The molecule has 1 aromatic carbocycles. The Morgan fingerprint density at radius 2 is 1.62 bits per heavy atom. The third kappa shape index (κ3) is 5.46. The lowest BCUT2D eigenvalue weighted by molar-refractivity contribution is -0.143. The van der Waals surface area contributed by atoms with E-state index in [1.807, 2.05) is 6.92 Å². The predicted molar refractivity (Wildman–Crippen MR) is 111 cm³/mol. The monoisotopic (exact) mass is 490 g/mol. The van der Waals surface area contributed by atoms with E-state index in [1.165, 1.54) is 4.90 Å². The number of aryl methyl sites for hydroxylation is 1. The van der Waals surface area contributed by atoms with Gasteiger partial charge in [0.05, 0.1) is 28.8 Å². The minimum absolute atomic E-state index is 0.0304. The van der Waals surface area contributed by atoms with Gasteiger partial charge in [0, 0.05) is 57.5 Å². The molecule has 4 rings (SSSR count). The van der Waals surface area contributed by atoms with Gasteiger partial charge in [-0.05, 0) is 25.1 Å². The number of H-pyrrole nitrogens is 1. The first-order chi connectivity index (χ1) is 15.9. The topological polar surface area (TPSA) is 67.5 Å². The number of rotatable bonds is 4. The van der Waals surface area contributed by atoms with Crippen LogP contribution in [0.2, 0.25) is 0 Å². The first-order valence-electron chi connectivity index (χ1n) is 10.7. The number of aromatic amines is 1. The smallest absolute Gasteiger partial charge is 0.347 e. The molecule has 2 N–H and O–H groups in total. The predicted octanol–water partition coefficient (Wildman–Crippen LogP) is 3.79. The average molecular weight is 490 g/mol. The number of imidazole rings is 1. The summed E-state index contributed by atoms with van der Waals surface area (Å²) in [6.45, 7) is 6.71. The fourth-order valence-electron chi connectivity index (χ4n) is 4.14. The highest BCUT2D eigenvalue weighted by Gasteiger charge is 2.39. The minimum Gasteiger partial charge on any atom is -0.347 e. The number of hydrogen-bond acceptors (Lipinski definition) is 4. The van der Waals surface area contributed by atoms with Gasteiger partial charge in [-0.2, -0.15) is 26.3 Å². The summed E-state index contributed by atoms with van der Waals surface area (Å²) in [5.41, 5.74) is -1.45. The number of anilines is 1. The third-order valence-electron chi connectivity index (χ3n) is 6.23. The number of hydrogen-bond donors (Lipinski definition) is 2. The lowest BCUT2D eigenvalue weighted by Gasteiger charge is -2.48. The van der Waals surface area contributed by atoms with Gasteiger partial charge in [-0.25, -0.2) is 9.78 Å². The van der Waals surface area contributed by atoms with Crippen LogP contribution in [-0.4, -0.2) is 76.0 Å². The molecule has 0 radical (unpaired) electrons. The van der Waals surface area contributed by atoms with E-state index in [0.29, 0.717) is 25.2 Å². The molecule has 2 aromatic rings. The van der Waals surface area contributed by atoms with E-state index in [0.717, 1.165) is 44.1 Å². The van der Waals surface area contributed by atoms with Gasteiger partial charge in [0.1, 0.15) is 0 Å². The van der Waals surface area contributed by atoms with Crippen LogP contribution in [0.4, 0.5) is 36.8 Å². The zero-order valence-corrected chi connectivity index (χ0v) is 18.3. The van der Waals surface area contributed by atoms with Crippen LogP contribution in [0.1, 0.15) is 22.5 Å². The largest absolute Gasteiger partial charge is 0.416 e. The summed E-state index contributed by atoms with van der Waals surface area (Å²) in [5, 5.41) is 2.18. The van der Waals surface area contributed by atoms with Crippen molar-refractivity contribution in [3.63, 3.8) is 0 Å². The molecule has 2 amide bonds. The first kappa shape index (κ1) is 24.3. The van der Waals surface area contributed by atoms with E-state index in [1.54, 1.807) is 6.33 Å². The number of urea groups is 1. The number of carbonyl (C=O) groups is 1. The molecule has 0 atom stereocenters. The van der Waals surface area contributed by atoms with Gasteiger partial charge in [0.15, 0.2) is 0 Å². The highest BCUT2D eigenvalue weighted by molar-refractivity contribution is 5.90. The number of halogens is 6. The van der Waals surface area contributed by atoms with Crippen LogP contribution < -0.4 is 5.32 Å². The number of nitrogens with zero attached hydrogens (tertiary/aromatic N) is 4. The zero-order valence-electron chi connectivity index (χ0n) is 18.3. The zero-order chi connectivity index (χ0) is 24.7. The number of amides is 2. The lowest BCUT2D eigenvalue weighted by atomic mass is 10.1. The second-order valence-electron chi connectivity index (χ2n) is 8.56. The summed E-state index contributed by atoms with van der Waals surface area (Å²) in [6.07, 6.45) is -8.28. The number of carbonyl (C=O) groups excluding carboxylic acids is 1. The molecule has 2 aliphatic rings. The summed E-state index contributed by atoms with van der Waals surface area (Å²) in [6, 6.07) is 0.421. The van der Waals surface area contributed by atoms with Crippen LogP contribution in [0.3, 0.4) is 0 Å². The SMILES string of the molecule is Cc1nc[nH]c1CN1CCN(C2CN(C(=O)Nc3cc(C(F)(F)F)cc(C(F)(F)F)c3)C2)CC1. The highest BCUT2D eigenvalue weighted by Crippen LogP contribution is 2.37. The van der Waals surface area contributed by atoms with Gasteiger partial charge in [0.2, 0.25) is 0 Å². The Morgan fingerprint density at radius 1 is 1.03 bits per heavy atom. The summed E-state index contributed by atoms with van der Waals surface area (Å²) >= 11 is 0. The molecule has 0 spiro atoms. The molecular weight excluding hydrogens is 466 g/mol. The maximum atomic E-state index is 13.0. The maximum Gasteiger partial charge on any atom is 0.416 e. The van der Waals surface area contributed by atoms with Gasteiger partial charge in [-0.15, -0.1) is 0 Å². The first-order valence-corrected chi connectivity index (χ1v) is 10.7. The van der Waals surface area contributed by atoms with Crippen molar-refractivity contribution < 1.29 is 31.1 Å². The number of alkyl halides is 6. The fourth-order valence-corrected chi connectivity index (χ4v) is 4.14. The molecule has 0 aliphatic carbocycles. The molecule has 34 heavy (non-hydrogen) atoms. The van der Waals surface area contributed by atoms with Crippen LogP contribution in [-0.2, 0) is 18.9 Å². The molecule has 2 fully saturated rings. The van der Waals surface area contributed by atoms with Gasteiger partial charge in [0.25, 0.3) is 0 Å². The van der Waals surface area contributed by atoms with Crippen molar-refractivity contribution in [3.05, 3.63) is 47.0 Å². The molecule has 7 nitrogen and oxygen atoms in total. The Morgan fingerprint density at radius 3 is 2.12 bits per heavy atom. The van der Waals surface area contributed by atoms with Gasteiger partial charge in [-0.1, -0.05) is 0 Å². The van der Waals surface area contributed by atoms with Crippen molar-refractivity contribution in [2.45, 2.75) is 31.9 Å². The Hall–Kier alpha value is -2.80. The summed E-state index contributed by atoms with van der Waals surface area (Å²) in [4.78, 5) is 25.7. The van der Waals surface area contributed by atoms with Gasteiger partial charge in [-0.3, -0.25) is 9.80 Å². The Balaban J connectivity index is 1.29. The van der Waals surface area contributed by atoms with Crippen molar-refractivity contribution in [1.29, 1.82) is 0 Å². The quantitative estimate of drug-likeness (QED) is 0.641. The van der Waals surface area contributed by atoms with E-state index in [2.05, 4.69) is 25.1 Å². The van der Waals surface area contributed by atoms with E-state index >= 15 is 0 Å². The number of aromatic nitrogens is 2. The van der Waals surface area contributed by atoms with Crippen molar-refractivity contribution in [3.8, 4) is 0 Å². The molecule has 0 unspecified atom stereocenters. The van der Waals surface area contributed by atoms with Crippen LogP contribution >= 0.6 is 0 Å². The van der Waals surface area contributed by atoms with Crippen molar-refractivity contribution in [2.24, 2.45) is 0 Å². The number of nitrogens with one attached hydrogen (secondary N) is 2. The molecule has 0 bridgehead atoms. The Kier molecular flexibility index (Phi) is 6.51. The van der Waals surface area contributed by atoms with E-state index in [-0.39, 0.29) is 12.1 Å². The van der Waals surface area contributed by atoms with E-state index in [9.17, 15) is 31.1 Å². The van der Waals surface area contributed by atoms with Crippen molar-refractivity contribution in [2.75, 3.05) is 44.6 Å². The highest BCUT2D eigenvalue weighted by atomic mass is 19.4. The van der Waals surface area contributed by atoms with Crippen LogP contribution in [0.25, 0.3) is 0 Å². The molecular formula is C21H24F6N6O. The average Bonchev–Trinajstić information content (AvgIpc) is 3.11. The van der Waals surface area contributed by atoms with Crippen molar-refractivity contribution in [1.82, 2.24) is 24.7 Å². The van der Waals surface area contributed by atoms with Crippen LogP contribution in [0.5, 0.6) is 0 Å². The number of benzene rings is 1. The number of piperazine rings is 1. The fraction of sp³-hybridized carbons (Fsp3) is 0.524. The molecule has 2 aliphatic heterocycles. The summed E-state index contributed by atoms with van der Waals surface area (Å²) in [5.74, 6) is 0. The van der Waals surface area contributed by atoms with E-state index < -0.39 is 35.2 Å². The molecule has 0 saturated carbocycles. The van der Waals surface area contributed by atoms with E-state index in [4.69, 9.17) is 0 Å².